The van der Waals surface area contributed by atoms with Crippen molar-refractivity contribution in [3.8, 4) is 0 Å². The van der Waals surface area contributed by atoms with Gasteiger partial charge in [0.2, 0.25) is 0 Å². The molecule has 15 heavy (non-hydrogen) atoms. The third-order valence-corrected chi connectivity index (χ3v) is 3.19. The minimum absolute atomic E-state index is 0.870. The average Bonchev–Trinajstić information content (AvgIpc) is 2.17. The van der Waals surface area contributed by atoms with Crippen molar-refractivity contribution in [3.63, 3.8) is 0 Å². The van der Waals surface area contributed by atoms with Crippen molar-refractivity contribution in [3.05, 3.63) is 11.6 Å². The Hall–Kier alpha value is -0.260. The molecule has 0 bridgehead atoms. The van der Waals surface area contributed by atoms with Crippen molar-refractivity contribution < 1.29 is 0 Å². The van der Waals surface area contributed by atoms with Gasteiger partial charge < -0.3 is 0 Å². The molecule has 0 nitrogen and oxygen atoms in total. The fraction of sp³-hybridized carbons (Fsp3) is 0.867. The first kappa shape index (κ1) is 14.7. The molecule has 0 fully saturated rings. The molecular formula is C15H30. The first-order valence-corrected chi connectivity index (χ1v) is 6.78. The van der Waals surface area contributed by atoms with Crippen molar-refractivity contribution in [1.82, 2.24) is 0 Å². The molecule has 0 saturated carbocycles. The van der Waals surface area contributed by atoms with Gasteiger partial charge in [-0.3, -0.25) is 0 Å². The highest BCUT2D eigenvalue weighted by molar-refractivity contribution is 5.02. The van der Waals surface area contributed by atoms with E-state index >= 15 is 0 Å². The van der Waals surface area contributed by atoms with E-state index in [0.29, 0.717) is 0 Å². The summed E-state index contributed by atoms with van der Waals surface area (Å²) >= 11 is 0. The van der Waals surface area contributed by atoms with Crippen LogP contribution in [0.25, 0.3) is 0 Å². The Labute approximate surface area is 97.2 Å². The van der Waals surface area contributed by atoms with Gasteiger partial charge in [-0.1, -0.05) is 65.0 Å². The molecule has 0 aromatic carbocycles. The van der Waals surface area contributed by atoms with Crippen LogP contribution in [-0.4, -0.2) is 0 Å². The first-order chi connectivity index (χ1) is 7.13. The lowest BCUT2D eigenvalue weighted by molar-refractivity contribution is 0.470. The molecule has 0 radical (unpaired) electrons. The van der Waals surface area contributed by atoms with Gasteiger partial charge in [0.05, 0.1) is 0 Å². The lowest BCUT2D eigenvalue weighted by atomic mass is 9.89. The molecule has 0 heterocycles. The Morgan fingerprint density at radius 3 is 1.60 bits per heavy atom. The van der Waals surface area contributed by atoms with Crippen LogP contribution in [-0.2, 0) is 0 Å². The van der Waals surface area contributed by atoms with E-state index in [1.807, 2.05) is 0 Å². The Balaban J connectivity index is 3.93. The van der Waals surface area contributed by atoms with Crippen molar-refractivity contribution in [2.45, 2.75) is 73.1 Å². The molecule has 0 aliphatic carbocycles. The highest BCUT2D eigenvalue weighted by atomic mass is 14.1. The van der Waals surface area contributed by atoms with Gasteiger partial charge >= 0.3 is 0 Å². The van der Waals surface area contributed by atoms with Crippen LogP contribution < -0.4 is 0 Å². The van der Waals surface area contributed by atoms with Crippen LogP contribution in [0.5, 0.6) is 0 Å². The minimum Gasteiger partial charge on any atom is -0.0884 e. The summed E-state index contributed by atoms with van der Waals surface area (Å²) in [6, 6.07) is 0. The highest BCUT2D eigenvalue weighted by Gasteiger charge is 2.08. The molecule has 2 unspecified atom stereocenters. The van der Waals surface area contributed by atoms with E-state index in [4.69, 9.17) is 0 Å². The number of rotatable bonds is 8. The summed E-state index contributed by atoms with van der Waals surface area (Å²) in [5.74, 6) is 1.74. The monoisotopic (exact) mass is 210 g/mol. The standard InChI is InChI=1S/C15H30/c1-6-9-13(4)11-15(8-3)12-14(5)10-7-2/h8,13-14H,6-7,9-12H2,1-5H3. The number of hydrogen-bond donors (Lipinski definition) is 0. The quantitative estimate of drug-likeness (QED) is 0.458. The van der Waals surface area contributed by atoms with Gasteiger partial charge in [0.25, 0.3) is 0 Å². The predicted molar refractivity (Wildman–Crippen MR) is 71.1 cm³/mol. The second kappa shape index (κ2) is 9.00. The zero-order chi connectivity index (χ0) is 11.7. The molecule has 0 aliphatic rings. The molecule has 0 saturated heterocycles. The van der Waals surface area contributed by atoms with Crippen molar-refractivity contribution in [2.24, 2.45) is 11.8 Å². The van der Waals surface area contributed by atoms with Gasteiger partial charge in [-0.15, -0.1) is 0 Å². The summed E-state index contributed by atoms with van der Waals surface area (Å²) in [6.45, 7) is 11.5. The molecule has 90 valence electrons. The maximum absolute atomic E-state index is 2.39. The fourth-order valence-corrected chi connectivity index (χ4v) is 2.40. The zero-order valence-electron chi connectivity index (χ0n) is 11.5. The molecule has 0 amide bonds. The molecule has 2 atom stereocenters. The van der Waals surface area contributed by atoms with E-state index in [1.165, 1.54) is 38.5 Å². The summed E-state index contributed by atoms with van der Waals surface area (Å²) in [6.07, 6.45) is 10.4. The second-order valence-corrected chi connectivity index (χ2v) is 5.14. The topological polar surface area (TPSA) is 0 Å². The highest BCUT2D eigenvalue weighted by Crippen LogP contribution is 2.23. The maximum atomic E-state index is 2.39. The SMILES string of the molecule is CC=C(CC(C)CCC)CC(C)CCC. The molecule has 0 rings (SSSR count). The molecule has 0 aromatic heterocycles. The van der Waals surface area contributed by atoms with Crippen LogP contribution >= 0.6 is 0 Å². The van der Waals surface area contributed by atoms with E-state index in [2.05, 4.69) is 40.7 Å². The van der Waals surface area contributed by atoms with Crippen molar-refractivity contribution in [1.29, 1.82) is 0 Å². The Kier molecular flexibility index (Phi) is 8.85. The van der Waals surface area contributed by atoms with Crippen LogP contribution in [0.3, 0.4) is 0 Å². The second-order valence-electron chi connectivity index (χ2n) is 5.14. The van der Waals surface area contributed by atoms with E-state index in [-0.39, 0.29) is 0 Å². The van der Waals surface area contributed by atoms with E-state index in [1.54, 1.807) is 5.57 Å². The summed E-state index contributed by atoms with van der Waals surface area (Å²) in [7, 11) is 0. The van der Waals surface area contributed by atoms with Gasteiger partial charge in [0.15, 0.2) is 0 Å². The Morgan fingerprint density at radius 1 is 0.933 bits per heavy atom. The normalized spacial score (nSPS) is 14.7. The van der Waals surface area contributed by atoms with E-state index in [0.717, 1.165) is 11.8 Å². The van der Waals surface area contributed by atoms with Gasteiger partial charge in [-0.05, 0) is 31.6 Å². The zero-order valence-corrected chi connectivity index (χ0v) is 11.5. The van der Waals surface area contributed by atoms with Crippen LogP contribution in [0.15, 0.2) is 11.6 Å². The average molecular weight is 210 g/mol. The molecule has 0 heteroatoms. The summed E-state index contributed by atoms with van der Waals surface area (Å²) in [5, 5.41) is 0. The first-order valence-electron chi connectivity index (χ1n) is 6.78. The fourth-order valence-electron chi connectivity index (χ4n) is 2.40. The number of allylic oxidation sites excluding steroid dienone is 2. The molecule has 0 aliphatic heterocycles. The maximum Gasteiger partial charge on any atom is -0.0294 e. The summed E-state index contributed by atoms with van der Waals surface area (Å²) in [5.41, 5.74) is 1.68. The third-order valence-electron chi connectivity index (χ3n) is 3.19. The summed E-state index contributed by atoms with van der Waals surface area (Å²) in [4.78, 5) is 0. The molecule has 0 spiro atoms. The lowest BCUT2D eigenvalue weighted by Gasteiger charge is -2.17. The number of hydrogen-bond acceptors (Lipinski definition) is 0. The van der Waals surface area contributed by atoms with Gasteiger partial charge in [-0.2, -0.15) is 0 Å². The Bertz CT molecular complexity index is 151. The minimum atomic E-state index is 0.870. The van der Waals surface area contributed by atoms with Crippen molar-refractivity contribution >= 4 is 0 Å². The Morgan fingerprint density at radius 2 is 1.33 bits per heavy atom. The summed E-state index contributed by atoms with van der Waals surface area (Å²) < 4.78 is 0. The van der Waals surface area contributed by atoms with Crippen LogP contribution in [0.1, 0.15) is 73.1 Å². The van der Waals surface area contributed by atoms with Crippen molar-refractivity contribution in [2.75, 3.05) is 0 Å². The smallest absolute Gasteiger partial charge is 0.0294 e. The largest absolute Gasteiger partial charge is 0.0884 e. The van der Waals surface area contributed by atoms with Crippen LogP contribution in [0.2, 0.25) is 0 Å². The predicted octanol–water partition coefficient (Wildman–Crippen LogP) is 5.59. The van der Waals surface area contributed by atoms with E-state index in [9.17, 15) is 0 Å². The lowest BCUT2D eigenvalue weighted by Crippen LogP contribution is -2.01. The van der Waals surface area contributed by atoms with Gasteiger partial charge in [0, 0.05) is 0 Å². The van der Waals surface area contributed by atoms with Gasteiger partial charge in [-0.25, -0.2) is 0 Å². The molecule has 0 N–H and O–H groups in total. The van der Waals surface area contributed by atoms with Gasteiger partial charge in [0.1, 0.15) is 0 Å². The van der Waals surface area contributed by atoms with Crippen LogP contribution in [0.4, 0.5) is 0 Å². The van der Waals surface area contributed by atoms with E-state index < -0.39 is 0 Å². The van der Waals surface area contributed by atoms with Crippen LogP contribution in [0, 0.1) is 11.8 Å². The third kappa shape index (κ3) is 7.64. The molecule has 0 aromatic rings. The molecular weight excluding hydrogens is 180 g/mol.